The lowest BCUT2D eigenvalue weighted by atomic mass is 10.1. The van der Waals surface area contributed by atoms with Crippen molar-refractivity contribution < 1.29 is 18.3 Å². The molecule has 9 heteroatoms. The number of carboxylic acids is 1. The molecule has 0 saturated carbocycles. The number of nitrogens with zero attached hydrogens (tertiary/aromatic N) is 1. The molecule has 1 aliphatic rings. The maximum atomic E-state index is 12.9. The van der Waals surface area contributed by atoms with Gasteiger partial charge in [0.05, 0.1) is 16.6 Å². The summed E-state index contributed by atoms with van der Waals surface area (Å²) in [6.45, 7) is 1.05. The average molecular weight is 465 g/mol. The van der Waals surface area contributed by atoms with E-state index in [0.717, 1.165) is 11.1 Å². The molecule has 1 aliphatic heterocycles. The van der Waals surface area contributed by atoms with E-state index in [9.17, 15) is 18.3 Å². The van der Waals surface area contributed by atoms with Crippen LogP contribution in [0.4, 0.5) is 11.4 Å². The Balaban J connectivity index is 1.73. The van der Waals surface area contributed by atoms with Gasteiger partial charge in [0, 0.05) is 34.6 Å². The molecule has 0 radical (unpaired) electrons. The van der Waals surface area contributed by atoms with Crippen molar-refractivity contribution in [3.63, 3.8) is 0 Å². The van der Waals surface area contributed by atoms with Crippen molar-refractivity contribution in [3.8, 4) is 0 Å². The fourth-order valence-electron chi connectivity index (χ4n) is 3.71. The second-order valence-electron chi connectivity index (χ2n) is 7.13. The monoisotopic (exact) mass is 464 g/mol. The van der Waals surface area contributed by atoms with Crippen LogP contribution in [0.1, 0.15) is 6.42 Å². The first-order valence-corrected chi connectivity index (χ1v) is 11.5. The number of aliphatic carboxylic acids is 1. The summed E-state index contributed by atoms with van der Waals surface area (Å²) in [6.07, 6.45) is 0.575. The van der Waals surface area contributed by atoms with E-state index >= 15 is 0 Å². The maximum absolute atomic E-state index is 12.9. The van der Waals surface area contributed by atoms with Crippen LogP contribution in [0, 0.1) is 5.92 Å². The lowest BCUT2D eigenvalue weighted by molar-refractivity contribution is -0.140. The molecule has 0 spiro atoms. The first kappa shape index (κ1) is 20.8. The first-order chi connectivity index (χ1) is 14.3. The molecule has 3 aromatic rings. The number of hydrogen-bond acceptors (Lipinski definition) is 4. The summed E-state index contributed by atoms with van der Waals surface area (Å²) >= 11 is 12.0. The van der Waals surface area contributed by atoms with Crippen LogP contribution in [0.3, 0.4) is 0 Å². The molecule has 3 aromatic carbocycles. The molecule has 156 valence electrons. The number of fused-ring (bicyclic) bond motifs is 1. The third-order valence-electron chi connectivity index (χ3n) is 5.21. The van der Waals surface area contributed by atoms with Crippen LogP contribution in [-0.4, -0.2) is 32.6 Å². The van der Waals surface area contributed by atoms with E-state index in [1.807, 2.05) is 35.2 Å². The first-order valence-electron chi connectivity index (χ1n) is 9.23. The fraction of sp³-hybridized carbons (Fsp3) is 0.190. The Morgan fingerprint density at radius 1 is 1.07 bits per heavy atom. The summed E-state index contributed by atoms with van der Waals surface area (Å²) in [5, 5.41) is 11.2. The van der Waals surface area contributed by atoms with Crippen LogP contribution in [0.25, 0.3) is 10.8 Å². The van der Waals surface area contributed by atoms with Gasteiger partial charge < -0.3 is 10.0 Å². The third-order valence-corrected chi connectivity index (χ3v) is 7.29. The smallest absolute Gasteiger partial charge is 0.308 e. The number of carboxylic acid groups (broad SMARTS) is 1. The van der Waals surface area contributed by atoms with E-state index in [1.165, 1.54) is 18.2 Å². The van der Waals surface area contributed by atoms with Crippen LogP contribution < -0.4 is 9.62 Å². The normalized spacial score (nSPS) is 16.7. The zero-order valence-corrected chi connectivity index (χ0v) is 18.0. The zero-order valence-electron chi connectivity index (χ0n) is 15.7. The number of nitrogens with one attached hydrogen (secondary N) is 1. The highest BCUT2D eigenvalue weighted by Gasteiger charge is 2.29. The molecule has 1 saturated heterocycles. The second kappa shape index (κ2) is 7.98. The zero-order chi connectivity index (χ0) is 21.5. The van der Waals surface area contributed by atoms with Crippen LogP contribution in [0.15, 0.2) is 59.5 Å². The van der Waals surface area contributed by atoms with Crippen molar-refractivity contribution in [2.45, 2.75) is 11.3 Å². The highest BCUT2D eigenvalue weighted by atomic mass is 35.5. The number of halogens is 2. The molecule has 2 N–H and O–H groups in total. The molecule has 30 heavy (non-hydrogen) atoms. The van der Waals surface area contributed by atoms with Gasteiger partial charge >= 0.3 is 5.97 Å². The van der Waals surface area contributed by atoms with Crippen molar-refractivity contribution in [1.29, 1.82) is 0 Å². The van der Waals surface area contributed by atoms with E-state index in [1.54, 1.807) is 6.07 Å². The molecular weight excluding hydrogens is 447 g/mol. The number of anilines is 2. The Hall–Kier alpha value is -2.48. The van der Waals surface area contributed by atoms with Gasteiger partial charge in [0.25, 0.3) is 10.0 Å². The van der Waals surface area contributed by atoms with Gasteiger partial charge in [-0.2, -0.15) is 0 Å². The second-order valence-corrected chi connectivity index (χ2v) is 9.62. The summed E-state index contributed by atoms with van der Waals surface area (Å²) in [6, 6.07) is 15.2. The molecule has 1 atom stereocenters. The molecule has 1 heterocycles. The Morgan fingerprint density at radius 2 is 1.80 bits per heavy atom. The minimum Gasteiger partial charge on any atom is -0.481 e. The minimum absolute atomic E-state index is 0.0737. The van der Waals surface area contributed by atoms with Crippen molar-refractivity contribution in [2.75, 3.05) is 22.7 Å². The van der Waals surface area contributed by atoms with E-state index in [-0.39, 0.29) is 14.9 Å². The van der Waals surface area contributed by atoms with Gasteiger partial charge in [-0.25, -0.2) is 8.42 Å². The topological polar surface area (TPSA) is 86.7 Å². The largest absolute Gasteiger partial charge is 0.481 e. The SMILES string of the molecule is O=C(O)[C@@H]1CCN(c2ccc(NS(=O)(=O)c3cc(Cl)ccc3Cl)c3ccccc23)C1. The number of sulfonamides is 1. The lowest BCUT2D eigenvalue weighted by Gasteiger charge is -2.22. The molecular formula is C21H18Cl2N2O4S. The Morgan fingerprint density at radius 3 is 2.50 bits per heavy atom. The quantitative estimate of drug-likeness (QED) is 0.562. The highest BCUT2D eigenvalue weighted by Crippen LogP contribution is 2.36. The summed E-state index contributed by atoms with van der Waals surface area (Å²) in [7, 11) is -3.97. The van der Waals surface area contributed by atoms with Gasteiger partial charge in [0.1, 0.15) is 4.90 Å². The molecule has 0 aliphatic carbocycles. The number of hydrogen-bond donors (Lipinski definition) is 2. The van der Waals surface area contributed by atoms with Gasteiger partial charge in [-0.1, -0.05) is 47.5 Å². The van der Waals surface area contributed by atoms with Crippen LogP contribution >= 0.6 is 23.2 Å². The predicted molar refractivity (Wildman–Crippen MR) is 119 cm³/mol. The van der Waals surface area contributed by atoms with Crippen molar-refractivity contribution in [1.82, 2.24) is 0 Å². The van der Waals surface area contributed by atoms with Crippen molar-refractivity contribution >= 4 is 61.3 Å². The predicted octanol–water partition coefficient (Wildman–Crippen LogP) is 4.86. The summed E-state index contributed by atoms with van der Waals surface area (Å²) in [5.74, 6) is -1.21. The fourth-order valence-corrected chi connectivity index (χ4v) is 5.55. The van der Waals surface area contributed by atoms with Gasteiger partial charge in [-0.3, -0.25) is 9.52 Å². The summed E-state index contributed by atoms with van der Waals surface area (Å²) in [5.41, 5.74) is 1.28. The Kier molecular flexibility index (Phi) is 5.53. The molecule has 0 aromatic heterocycles. The van der Waals surface area contributed by atoms with Gasteiger partial charge in [0.2, 0.25) is 0 Å². The van der Waals surface area contributed by atoms with Gasteiger partial charge in [-0.05, 0) is 36.8 Å². The molecule has 0 amide bonds. The highest BCUT2D eigenvalue weighted by molar-refractivity contribution is 7.92. The maximum Gasteiger partial charge on any atom is 0.308 e. The van der Waals surface area contributed by atoms with E-state index in [2.05, 4.69) is 4.72 Å². The van der Waals surface area contributed by atoms with E-state index < -0.39 is 21.9 Å². The van der Waals surface area contributed by atoms with E-state index in [0.29, 0.717) is 30.6 Å². The van der Waals surface area contributed by atoms with Crippen molar-refractivity contribution in [3.05, 3.63) is 64.6 Å². The Bertz CT molecular complexity index is 1250. The number of carbonyl (C=O) groups is 1. The van der Waals surface area contributed by atoms with Crippen LogP contribution in [0.5, 0.6) is 0 Å². The van der Waals surface area contributed by atoms with E-state index in [4.69, 9.17) is 23.2 Å². The summed E-state index contributed by atoms with van der Waals surface area (Å²) in [4.78, 5) is 13.2. The van der Waals surface area contributed by atoms with Gasteiger partial charge in [-0.15, -0.1) is 0 Å². The molecule has 1 fully saturated rings. The van der Waals surface area contributed by atoms with Crippen molar-refractivity contribution in [2.24, 2.45) is 5.92 Å². The Labute approximate surface area is 184 Å². The average Bonchev–Trinajstić information content (AvgIpc) is 3.20. The third kappa shape index (κ3) is 3.93. The van der Waals surface area contributed by atoms with Crippen LogP contribution in [-0.2, 0) is 14.8 Å². The minimum atomic E-state index is -3.97. The molecule has 4 rings (SSSR count). The van der Waals surface area contributed by atoms with Crippen LogP contribution in [0.2, 0.25) is 10.0 Å². The van der Waals surface area contributed by atoms with Gasteiger partial charge in [0.15, 0.2) is 0 Å². The summed E-state index contributed by atoms with van der Waals surface area (Å²) < 4.78 is 28.5. The molecule has 0 unspecified atom stereocenters. The molecule has 6 nitrogen and oxygen atoms in total. The lowest BCUT2D eigenvalue weighted by Crippen LogP contribution is -2.23. The molecule has 0 bridgehead atoms. The number of rotatable bonds is 5. The number of benzene rings is 3. The standard InChI is InChI=1S/C21H18Cl2N2O4S/c22-14-5-6-17(23)20(11-14)30(28,29)24-18-7-8-19(16-4-2-1-3-15(16)18)25-10-9-13(12-25)21(26)27/h1-8,11,13,24H,9-10,12H2,(H,26,27)/t13-/m1/s1.